The quantitative estimate of drug-likeness (QED) is 0.845. The van der Waals surface area contributed by atoms with Crippen molar-refractivity contribution in [2.45, 2.75) is 11.6 Å². The highest BCUT2D eigenvalue weighted by atomic mass is 32.2. The molecule has 0 fully saturated rings. The number of hydrogen-bond acceptors (Lipinski definition) is 6. The van der Waals surface area contributed by atoms with Crippen molar-refractivity contribution in [3.05, 3.63) is 36.2 Å². The van der Waals surface area contributed by atoms with Crippen LogP contribution >= 0.6 is 0 Å². The van der Waals surface area contributed by atoms with Gasteiger partial charge in [0, 0.05) is 6.07 Å². The normalized spacial score (nSPS) is 11.3. The van der Waals surface area contributed by atoms with Crippen LogP contribution in [-0.4, -0.2) is 20.5 Å². The van der Waals surface area contributed by atoms with Crippen molar-refractivity contribution in [3.63, 3.8) is 0 Å². The molecule has 0 saturated carbocycles. The molecule has 0 aliphatic heterocycles. The van der Waals surface area contributed by atoms with Crippen molar-refractivity contribution in [1.82, 2.24) is 4.98 Å². The van der Waals surface area contributed by atoms with Gasteiger partial charge in [-0.05, 0) is 18.2 Å². The zero-order valence-corrected chi connectivity index (χ0v) is 11.0. The molecule has 0 saturated heterocycles. The summed E-state index contributed by atoms with van der Waals surface area (Å²) in [6, 6.07) is 5.95. The molecule has 2 rings (SSSR count). The van der Waals surface area contributed by atoms with E-state index < -0.39 is 10.0 Å². The highest BCUT2D eigenvalue weighted by molar-refractivity contribution is 7.92. The van der Waals surface area contributed by atoms with Gasteiger partial charge < -0.3 is 14.9 Å². The number of nitrogens with two attached hydrogens (primary N) is 1. The van der Waals surface area contributed by atoms with E-state index in [9.17, 15) is 8.42 Å². The second-order valence-electron chi connectivity index (χ2n) is 3.62. The first-order valence-corrected chi connectivity index (χ1v) is 6.85. The van der Waals surface area contributed by atoms with E-state index in [0.717, 1.165) is 0 Å². The van der Waals surface area contributed by atoms with Crippen molar-refractivity contribution in [1.29, 1.82) is 0 Å². The number of rotatable bonds is 5. The Morgan fingerprint density at radius 1 is 1.37 bits per heavy atom. The third kappa shape index (κ3) is 3.04. The van der Waals surface area contributed by atoms with E-state index >= 15 is 0 Å². The number of nitrogens with one attached hydrogen (secondary N) is 1. The molecule has 0 aromatic carbocycles. The summed E-state index contributed by atoms with van der Waals surface area (Å²) in [6.07, 6.45) is 1.35. The molecule has 3 N–H and O–H groups in total. The molecule has 0 atom stereocenters. The van der Waals surface area contributed by atoms with Crippen LogP contribution in [0.4, 0.5) is 5.69 Å². The lowest BCUT2D eigenvalue weighted by atomic mass is 10.4. The molecule has 102 valence electrons. The fourth-order valence-corrected chi connectivity index (χ4v) is 2.37. The summed E-state index contributed by atoms with van der Waals surface area (Å²) >= 11 is 0. The van der Waals surface area contributed by atoms with Crippen LogP contribution < -0.4 is 15.2 Å². The molecular formula is C11H13N3O4S. The highest BCUT2D eigenvalue weighted by Gasteiger charge is 2.18. The van der Waals surface area contributed by atoms with Gasteiger partial charge in [0.1, 0.15) is 5.76 Å². The van der Waals surface area contributed by atoms with Gasteiger partial charge in [0.2, 0.25) is 11.0 Å². The van der Waals surface area contributed by atoms with E-state index in [1.807, 2.05) is 0 Å². The fraction of sp³-hybridized carbons (Fsp3) is 0.182. The second kappa shape index (κ2) is 5.29. The first-order valence-electron chi connectivity index (χ1n) is 5.37. The molecule has 0 aliphatic carbocycles. The van der Waals surface area contributed by atoms with Crippen molar-refractivity contribution in [2.75, 3.05) is 11.8 Å². The summed E-state index contributed by atoms with van der Waals surface area (Å²) in [4.78, 5) is 3.90. The van der Waals surface area contributed by atoms with Crippen LogP contribution in [0.1, 0.15) is 5.76 Å². The summed E-state index contributed by atoms with van der Waals surface area (Å²) < 4.78 is 36.3. The Morgan fingerprint density at radius 2 is 2.16 bits per heavy atom. The van der Waals surface area contributed by atoms with Crippen LogP contribution in [0.15, 0.2) is 40.0 Å². The van der Waals surface area contributed by atoms with Crippen molar-refractivity contribution >= 4 is 15.7 Å². The van der Waals surface area contributed by atoms with Crippen molar-refractivity contribution in [3.8, 4) is 5.88 Å². The average molecular weight is 283 g/mol. The Morgan fingerprint density at radius 3 is 2.68 bits per heavy atom. The van der Waals surface area contributed by atoms with Gasteiger partial charge >= 0.3 is 0 Å². The molecule has 2 heterocycles. The van der Waals surface area contributed by atoms with Crippen molar-refractivity contribution < 1.29 is 17.6 Å². The second-order valence-corrected chi connectivity index (χ2v) is 5.23. The molecule has 0 bridgehead atoms. The molecule has 8 heteroatoms. The molecule has 0 spiro atoms. The van der Waals surface area contributed by atoms with Gasteiger partial charge in [-0.15, -0.1) is 0 Å². The van der Waals surface area contributed by atoms with Crippen LogP contribution in [0, 0.1) is 0 Å². The van der Waals surface area contributed by atoms with Gasteiger partial charge in [-0.3, -0.25) is 4.72 Å². The average Bonchev–Trinajstić information content (AvgIpc) is 2.89. The lowest BCUT2D eigenvalue weighted by Crippen LogP contribution is -2.12. The van der Waals surface area contributed by atoms with Gasteiger partial charge in [0.05, 0.1) is 25.5 Å². The summed E-state index contributed by atoms with van der Waals surface area (Å²) in [6.45, 7) is 0.139. The third-order valence-electron chi connectivity index (χ3n) is 2.30. The minimum atomic E-state index is -3.78. The van der Waals surface area contributed by atoms with Gasteiger partial charge in [0.15, 0.2) is 0 Å². The molecule has 19 heavy (non-hydrogen) atoms. The lowest BCUT2D eigenvalue weighted by molar-refractivity contribution is 0.398. The zero-order chi connectivity index (χ0) is 13.9. The summed E-state index contributed by atoms with van der Waals surface area (Å²) in [5.74, 6) is 0.791. The smallest absolute Gasteiger partial charge is 0.295 e. The molecule has 0 radical (unpaired) electrons. The van der Waals surface area contributed by atoms with Crippen LogP contribution in [-0.2, 0) is 16.6 Å². The zero-order valence-electron chi connectivity index (χ0n) is 10.2. The molecule has 0 amide bonds. The van der Waals surface area contributed by atoms with E-state index in [2.05, 4.69) is 9.71 Å². The Labute approximate surface area is 110 Å². The van der Waals surface area contributed by atoms with Crippen LogP contribution in [0.5, 0.6) is 5.88 Å². The number of nitrogens with zero attached hydrogens (tertiary/aromatic N) is 1. The molecule has 0 unspecified atom stereocenters. The Bertz CT molecular complexity index is 649. The SMILES string of the molecule is COc1ccc(NS(=O)(=O)c2ccc(CN)o2)cn1. The first-order chi connectivity index (χ1) is 9.05. The van der Waals surface area contributed by atoms with Crippen molar-refractivity contribution in [2.24, 2.45) is 5.73 Å². The van der Waals surface area contributed by atoms with E-state index in [4.69, 9.17) is 14.9 Å². The molecule has 0 aliphatic rings. The number of hydrogen-bond donors (Lipinski definition) is 2. The van der Waals surface area contributed by atoms with E-state index in [-0.39, 0.29) is 11.6 Å². The number of ether oxygens (including phenoxy) is 1. The largest absolute Gasteiger partial charge is 0.481 e. The minimum absolute atomic E-state index is 0.139. The maximum atomic E-state index is 12.0. The summed E-state index contributed by atoms with van der Waals surface area (Å²) in [7, 11) is -2.30. The Balaban J connectivity index is 2.20. The summed E-state index contributed by atoms with van der Waals surface area (Å²) in [5.41, 5.74) is 5.67. The number of pyridine rings is 1. The predicted octanol–water partition coefficient (Wildman–Crippen LogP) is 0.943. The molecular weight excluding hydrogens is 270 g/mol. The Kier molecular flexibility index (Phi) is 3.72. The summed E-state index contributed by atoms with van der Waals surface area (Å²) in [5, 5.41) is -0.191. The van der Waals surface area contributed by atoms with E-state index in [0.29, 0.717) is 17.3 Å². The van der Waals surface area contributed by atoms with Crippen LogP contribution in [0.25, 0.3) is 0 Å². The fourth-order valence-electron chi connectivity index (χ4n) is 1.38. The van der Waals surface area contributed by atoms with Gasteiger partial charge in [0.25, 0.3) is 10.0 Å². The molecule has 2 aromatic heterocycles. The number of sulfonamides is 1. The molecule has 2 aromatic rings. The topological polar surface area (TPSA) is 107 Å². The van der Waals surface area contributed by atoms with Gasteiger partial charge in [-0.25, -0.2) is 4.98 Å². The maximum absolute atomic E-state index is 12.0. The Hall–Kier alpha value is -2.06. The number of methoxy groups -OCH3 is 1. The predicted molar refractivity (Wildman–Crippen MR) is 68.2 cm³/mol. The number of furan rings is 1. The van der Waals surface area contributed by atoms with Crippen LogP contribution in [0.2, 0.25) is 0 Å². The van der Waals surface area contributed by atoms with E-state index in [1.165, 1.54) is 31.5 Å². The standard InChI is InChI=1S/C11H13N3O4S/c1-17-10-4-2-8(7-13-10)14-19(15,16)11-5-3-9(6-12)18-11/h2-5,7,14H,6,12H2,1H3. The van der Waals surface area contributed by atoms with Gasteiger partial charge in [-0.1, -0.05) is 0 Å². The van der Waals surface area contributed by atoms with Crippen LogP contribution in [0.3, 0.4) is 0 Å². The monoisotopic (exact) mass is 283 g/mol. The van der Waals surface area contributed by atoms with Gasteiger partial charge in [-0.2, -0.15) is 8.42 Å². The lowest BCUT2D eigenvalue weighted by Gasteiger charge is -2.05. The minimum Gasteiger partial charge on any atom is -0.481 e. The van der Waals surface area contributed by atoms with E-state index in [1.54, 1.807) is 6.07 Å². The first kappa shape index (κ1) is 13.4. The maximum Gasteiger partial charge on any atom is 0.295 e. The highest BCUT2D eigenvalue weighted by Crippen LogP contribution is 2.19. The number of aromatic nitrogens is 1. The number of anilines is 1. The molecule has 7 nitrogen and oxygen atoms in total. The third-order valence-corrected chi connectivity index (χ3v) is 3.55.